The second kappa shape index (κ2) is 17.3. The molecule has 1 rings (SSSR count). The van der Waals surface area contributed by atoms with E-state index in [0.717, 1.165) is 70.8 Å². The van der Waals surface area contributed by atoms with Gasteiger partial charge in [-0.25, -0.2) is 9.59 Å². The number of amides is 4. The van der Waals surface area contributed by atoms with Crippen molar-refractivity contribution in [3.8, 4) is 0 Å². The maximum atomic E-state index is 11.7. The Morgan fingerprint density at radius 1 is 0.839 bits per heavy atom. The molecule has 176 valence electrons. The van der Waals surface area contributed by atoms with Gasteiger partial charge in [-0.05, 0) is 44.9 Å². The molecule has 0 bridgehead atoms. The summed E-state index contributed by atoms with van der Waals surface area (Å²) in [6.07, 6.45) is 15.9. The highest BCUT2D eigenvalue weighted by Crippen LogP contribution is 2.14. The summed E-state index contributed by atoms with van der Waals surface area (Å²) in [5.74, 6) is -1.40. The molecule has 1 heterocycles. The highest BCUT2D eigenvalue weighted by atomic mass is 16.7. The number of nitrogens with one attached hydrogen (secondary N) is 2. The van der Waals surface area contributed by atoms with Gasteiger partial charge in [-0.15, -0.1) is 5.06 Å². The summed E-state index contributed by atoms with van der Waals surface area (Å²) >= 11 is 0. The Labute approximate surface area is 186 Å². The van der Waals surface area contributed by atoms with Crippen molar-refractivity contribution >= 4 is 23.8 Å². The molecule has 31 heavy (non-hydrogen) atoms. The third-order valence-electron chi connectivity index (χ3n) is 5.02. The van der Waals surface area contributed by atoms with E-state index in [0.29, 0.717) is 18.0 Å². The van der Waals surface area contributed by atoms with Crippen molar-refractivity contribution in [3.05, 3.63) is 12.2 Å². The van der Waals surface area contributed by atoms with Gasteiger partial charge in [0.1, 0.15) is 0 Å². The molecule has 0 radical (unpaired) electrons. The highest BCUT2D eigenvalue weighted by Gasteiger charge is 2.32. The van der Waals surface area contributed by atoms with Crippen LogP contribution < -0.4 is 10.6 Å². The zero-order chi connectivity index (χ0) is 22.7. The monoisotopic (exact) mass is 437 g/mol. The first-order chi connectivity index (χ1) is 15.0. The fourth-order valence-electron chi connectivity index (χ4n) is 3.15. The minimum Gasteiger partial charge on any atom is -0.338 e. The minimum absolute atomic E-state index is 0.0714. The number of carbonyl (C=O) groups is 4. The van der Waals surface area contributed by atoms with Crippen molar-refractivity contribution in [3.63, 3.8) is 0 Å². The molecule has 4 amide bonds. The van der Waals surface area contributed by atoms with Gasteiger partial charge < -0.3 is 15.5 Å². The normalized spacial score (nSPS) is 13.8. The lowest BCUT2D eigenvalue weighted by atomic mass is 10.1. The Bertz CT molecular complexity index is 576. The third kappa shape index (κ3) is 13.5. The SMILES string of the molecule is CCCCCNC(=O)NCCCC/C=C\CCCCCCC(=O)ON1C(=O)CCC1=O. The average molecular weight is 438 g/mol. The molecule has 0 aromatic carbocycles. The van der Waals surface area contributed by atoms with Gasteiger partial charge >= 0.3 is 12.0 Å². The second-order valence-electron chi connectivity index (χ2n) is 7.86. The summed E-state index contributed by atoms with van der Waals surface area (Å²) in [6, 6.07) is -0.0714. The fraction of sp³-hybridized carbons (Fsp3) is 0.739. The maximum absolute atomic E-state index is 11.7. The Morgan fingerprint density at radius 2 is 1.39 bits per heavy atom. The van der Waals surface area contributed by atoms with Gasteiger partial charge in [0.25, 0.3) is 11.8 Å². The summed E-state index contributed by atoms with van der Waals surface area (Å²) in [6.45, 7) is 3.59. The molecule has 1 aliphatic rings. The lowest BCUT2D eigenvalue weighted by Gasteiger charge is -2.12. The average Bonchev–Trinajstić information content (AvgIpc) is 3.06. The number of nitrogens with zero attached hydrogens (tertiary/aromatic N) is 1. The van der Waals surface area contributed by atoms with Crippen LogP contribution in [0.2, 0.25) is 0 Å². The lowest BCUT2D eigenvalue weighted by Crippen LogP contribution is -2.36. The first kappa shape index (κ1) is 26.7. The van der Waals surface area contributed by atoms with E-state index in [1.54, 1.807) is 0 Å². The number of unbranched alkanes of at least 4 members (excludes halogenated alkanes) is 8. The molecule has 1 aliphatic heterocycles. The third-order valence-corrected chi connectivity index (χ3v) is 5.02. The van der Waals surface area contributed by atoms with Crippen LogP contribution in [0, 0.1) is 0 Å². The summed E-state index contributed by atoms with van der Waals surface area (Å²) < 4.78 is 0. The molecule has 0 aromatic rings. The summed E-state index contributed by atoms with van der Waals surface area (Å²) in [4.78, 5) is 50.8. The Hall–Kier alpha value is -2.38. The number of urea groups is 1. The summed E-state index contributed by atoms with van der Waals surface area (Å²) in [5.41, 5.74) is 0. The molecule has 8 nitrogen and oxygen atoms in total. The van der Waals surface area contributed by atoms with Crippen LogP contribution in [-0.4, -0.2) is 42.0 Å². The molecule has 0 spiro atoms. The number of carbonyl (C=O) groups excluding carboxylic acids is 4. The number of hydrogen-bond acceptors (Lipinski definition) is 5. The van der Waals surface area contributed by atoms with Crippen LogP contribution in [0.25, 0.3) is 0 Å². The Balaban J connectivity index is 1.86. The van der Waals surface area contributed by atoms with Crippen LogP contribution in [0.5, 0.6) is 0 Å². The van der Waals surface area contributed by atoms with E-state index in [4.69, 9.17) is 4.84 Å². The molecule has 1 saturated heterocycles. The van der Waals surface area contributed by atoms with Crippen LogP contribution in [0.1, 0.15) is 96.8 Å². The molecule has 0 aliphatic carbocycles. The van der Waals surface area contributed by atoms with Crippen LogP contribution >= 0.6 is 0 Å². The molecule has 0 aromatic heterocycles. The van der Waals surface area contributed by atoms with E-state index < -0.39 is 17.8 Å². The second-order valence-corrected chi connectivity index (χ2v) is 7.86. The predicted molar refractivity (Wildman–Crippen MR) is 119 cm³/mol. The van der Waals surface area contributed by atoms with E-state index in [9.17, 15) is 19.2 Å². The number of rotatable bonds is 17. The molecule has 0 saturated carbocycles. The van der Waals surface area contributed by atoms with Gasteiger partial charge in [-0.2, -0.15) is 0 Å². The zero-order valence-electron chi connectivity index (χ0n) is 19.0. The van der Waals surface area contributed by atoms with Gasteiger partial charge in [-0.3, -0.25) is 9.59 Å². The Kier molecular flexibility index (Phi) is 14.9. The van der Waals surface area contributed by atoms with Crippen molar-refractivity contribution in [2.24, 2.45) is 0 Å². The first-order valence-electron chi connectivity index (χ1n) is 11.8. The number of allylic oxidation sites excluding steroid dienone is 2. The smallest absolute Gasteiger partial charge is 0.333 e. The van der Waals surface area contributed by atoms with E-state index in [-0.39, 0.29) is 25.3 Å². The largest absolute Gasteiger partial charge is 0.338 e. The van der Waals surface area contributed by atoms with Crippen molar-refractivity contribution in [1.82, 2.24) is 15.7 Å². The standard InChI is InChI=1S/C23H39N3O5/c1-2-3-13-18-24-23(30)25-19-14-11-9-7-5-4-6-8-10-12-15-22(29)31-26-20(27)16-17-21(26)28/h5,7H,2-4,6,8-19H2,1H3,(H2,24,25,30)/b7-5-. The van der Waals surface area contributed by atoms with Crippen LogP contribution in [0.15, 0.2) is 12.2 Å². The highest BCUT2D eigenvalue weighted by molar-refractivity contribution is 6.01. The van der Waals surface area contributed by atoms with Crippen molar-refractivity contribution in [1.29, 1.82) is 0 Å². The molecule has 2 N–H and O–H groups in total. The zero-order valence-corrected chi connectivity index (χ0v) is 19.0. The number of hydroxylamine groups is 2. The molecular weight excluding hydrogens is 398 g/mol. The van der Waals surface area contributed by atoms with E-state index in [2.05, 4.69) is 29.7 Å². The minimum atomic E-state index is -0.521. The molecule has 0 atom stereocenters. The Morgan fingerprint density at radius 3 is 2.00 bits per heavy atom. The fourth-order valence-corrected chi connectivity index (χ4v) is 3.15. The maximum Gasteiger partial charge on any atom is 0.333 e. The van der Waals surface area contributed by atoms with Crippen LogP contribution in [-0.2, 0) is 19.2 Å². The predicted octanol–water partition coefficient (Wildman–Crippen LogP) is 4.15. The van der Waals surface area contributed by atoms with Gasteiger partial charge in [-0.1, -0.05) is 44.8 Å². The van der Waals surface area contributed by atoms with Crippen molar-refractivity contribution < 1.29 is 24.0 Å². The van der Waals surface area contributed by atoms with Gasteiger partial charge in [0.15, 0.2) is 0 Å². The topological polar surface area (TPSA) is 105 Å². The van der Waals surface area contributed by atoms with Gasteiger partial charge in [0, 0.05) is 32.4 Å². The quantitative estimate of drug-likeness (QED) is 0.202. The molecule has 0 unspecified atom stereocenters. The molecule has 1 fully saturated rings. The summed E-state index contributed by atoms with van der Waals surface area (Å²) in [5, 5.41) is 6.35. The lowest BCUT2D eigenvalue weighted by molar-refractivity contribution is -0.197. The van der Waals surface area contributed by atoms with Crippen molar-refractivity contribution in [2.75, 3.05) is 13.1 Å². The van der Waals surface area contributed by atoms with Crippen LogP contribution in [0.4, 0.5) is 4.79 Å². The van der Waals surface area contributed by atoms with Gasteiger partial charge in [0.05, 0.1) is 0 Å². The number of imide groups is 1. The van der Waals surface area contributed by atoms with Crippen LogP contribution in [0.3, 0.4) is 0 Å². The molecular formula is C23H39N3O5. The van der Waals surface area contributed by atoms with Gasteiger partial charge in [0.2, 0.25) is 0 Å². The summed E-state index contributed by atoms with van der Waals surface area (Å²) in [7, 11) is 0. The van der Waals surface area contributed by atoms with E-state index in [1.807, 2.05) is 0 Å². The van der Waals surface area contributed by atoms with E-state index >= 15 is 0 Å². The van der Waals surface area contributed by atoms with Crippen molar-refractivity contribution in [2.45, 2.75) is 96.8 Å². The first-order valence-corrected chi connectivity index (χ1v) is 11.8. The van der Waals surface area contributed by atoms with E-state index in [1.165, 1.54) is 0 Å². The number of hydrogen-bond donors (Lipinski definition) is 2. The molecule has 8 heteroatoms.